The van der Waals surface area contributed by atoms with Crippen LogP contribution in [0, 0.1) is 0 Å². The van der Waals surface area contributed by atoms with Gasteiger partial charge >= 0.3 is 0 Å². The summed E-state index contributed by atoms with van der Waals surface area (Å²) in [5.74, 6) is 0. The van der Waals surface area contributed by atoms with E-state index in [2.05, 4.69) is 29.3 Å². The molecule has 1 aliphatic rings. The second-order valence-electron chi connectivity index (χ2n) is 6.31. The molecular weight excluding hydrogens is 300 g/mol. The molecule has 1 aliphatic carbocycles. The SMILES string of the molecule is CN(C)C1(CNc2ccnc(S(N)(=O)=O)c2)CCCCCC1. The average Bonchev–Trinajstić information content (AvgIpc) is 2.71. The van der Waals surface area contributed by atoms with Crippen LogP contribution >= 0.6 is 0 Å². The van der Waals surface area contributed by atoms with Crippen molar-refractivity contribution < 1.29 is 8.42 Å². The second-order valence-corrected chi connectivity index (χ2v) is 7.82. The van der Waals surface area contributed by atoms with Gasteiger partial charge in [-0.1, -0.05) is 25.7 Å². The Morgan fingerprint density at radius 2 is 1.91 bits per heavy atom. The number of primary sulfonamides is 1. The third-order valence-electron chi connectivity index (χ3n) is 4.63. The highest BCUT2D eigenvalue weighted by molar-refractivity contribution is 7.89. The maximum Gasteiger partial charge on any atom is 0.255 e. The molecular formula is C15H26N4O2S. The molecule has 0 saturated heterocycles. The van der Waals surface area contributed by atoms with E-state index < -0.39 is 10.0 Å². The molecule has 2 rings (SSSR count). The number of hydrogen-bond donors (Lipinski definition) is 2. The van der Waals surface area contributed by atoms with Gasteiger partial charge < -0.3 is 10.2 Å². The van der Waals surface area contributed by atoms with Gasteiger partial charge in [-0.2, -0.15) is 0 Å². The van der Waals surface area contributed by atoms with Crippen molar-refractivity contribution in [2.45, 2.75) is 49.1 Å². The van der Waals surface area contributed by atoms with Crippen molar-refractivity contribution in [2.24, 2.45) is 5.14 Å². The van der Waals surface area contributed by atoms with Gasteiger partial charge in [0.05, 0.1) is 0 Å². The first-order chi connectivity index (χ1) is 10.3. The summed E-state index contributed by atoms with van der Waals surface area (Å²) in [4.78, 5) is 6.11. The van der Waals surface area contributed by atoms with E-state index in [-0.39, 0.29) is 10.6 Å². The standard InChI is InChI=1S/C15H26N4O2S/c1-19(2)15(8-5-3-4-6-9-15)12-18-13-7-10-17-14(11-13)22(16,20)21/h7,10-11H,3-6,8-9,12H2,1-2H3,(H,17,18)(H2,16,20,21). The van der Waals surface area contributed by atoms with E-state index in [0.717, 1.165) is 25.1 Å². The number of nitrogens with zero attached hydrogens (tertiary/aromatic N) is 2. The van der Waals surface area contributed by atoms with Crippen LogP contribution in [0.3, 0.4) is 0 Å². The number of pyridine rings is 1. The third-order valence-corrected chi connectivity index (χ3v) is 5.44. The summed E-state index contributed by atoms with van der Waals surface area (Å²) in [5, 5.41) is 8.41. The second kappa shape index (κ2) is 6.93. The number of nitrogens with one attached hydrogen (secondary N) is 1. The zero-order valence-corrected chi connectivity index (χ0v) is 14.2. The predicted octanol–water partition coefficient (Wildman–Crippen LogP) is 1.80. The predicted molar refractivity (Wildman–Crippen MR) is 88.2 cm³/mol. The normalized spacial score (nSPS) is 18.9. The number of rotatable bonds is 5. The molecule has 22 heavy (non-hydrogen) atoms. The van der Waals surface area contributed by atoms with Crippen molar-refractivity contribution in [1.82, 2.24) is 9.88 Å². The number of anilines is 1. The van der Waals surface area contributed by atoms with Crippen LogP contribution < -0.4 is 10.5 Å². The topological polar surface area (TPSA) is 88.3 Å². The number of aromatic nitrogens is 1. The fourth-order valence-corrected chi connectivity index (χ4v) is 3.61. The summed E-state index contributed by atoms with van der Waals surface area (Å²) in [6, 6.07) is 3.27. The molecule has 0 aliphatic heterocycles. The van der Waals surface area contributed by atoms with Gasteiger partial charge in [-0.3, -0.25) is 0 Å². The van der Waals surface area contributed by atoms with Crippen LogP contribution in [0.1, 0.15) is 38.5 Å². The minimum absolute atomic E-state index is 0.0998. The third kappa shape index (κ3) is 4.18. The number of hydrogen-bond acceptors (Lipinski definition) is 5. The molecule has 1 saturated carbocycles. The lowest BCUT2D eigenvalue weighted by Crippen LogP contribution is -2.49. The fourth-order valence-electron chi connectivity index (χ4n) is 3.11. The molecule has 0 spiro atoms. The zero-order chi connectivity index (χ0) is 16.2. The summed E-state index contributed by atoms with van der Waals surface area (Å²) in [6.45, 7) is 0.786. The van der Waals surface area contributed by atoms with E-state index in [1.54, 1.807) is 6.07 Å². The lowest BCUT2D eigenvalue weighted by atomic mass is 9.88. The summed E-state index contributed by atoms with van der Waals surface area (Å²) >= 11 is 0. The van der Waals surface area contributed by atoms with Gasteiger partial charge in [-0.15, -0.1) is 0 Å². The van der Waals surface area contributed by atoms with Gasteiger partial charge in [0.1, 0.15) is 0 Å². The van der Waals surface area contributed by atoms with Crippen LogP contribution in [0.5, 0.6) is 0 Å². The smallest absolute Gasteiger partial charge is 0.255 e. The van der Waals surface area contributed by atoms with Gasteiger partial charge in [-0.25, -0.2) is 18.5 Å². The Morgan fingerprint density at radius 3 is 2.45 bits per heavy atom. The molecule has 0 aromatic carbocycles. The van der Waals surface area contributed by atoms with E-state index in [1.807, 2.05) is 0 Å². The van der Waals surface area contributed by atoms with Crippen LogP contribution in [0.4, 0.5) is 5.69 Å². The van der Waals surface area contributed by atoms with E-state index >= 15 is 0 Å². The first-order valence-corrected chi connectivity index (χ1v) is 9.28. The summed E-state index contributed by atoms with van der Waals surface area (Å²) in [6.07, 6.45) is 8.83. The Labute approximate surface area is 133 Å². The van der Waals surface area contributed by atoms with Crippen LogP contribution in [0.2, 0.25) is 0 Å². The van der Waals surface area contributed by atoms with Crippen molar-refractivity contribution in [2.75, 3.05) is 26.0 Å². The van der Waals surface area contributed by atoms with Crippen molar-refractivity contribution >= 4 is 15.7 Å². The van der Waals surface area contributed by atoms with Gasteiger partial charge in [0.25, 0.3) is 10.0 Å². The van der Waals surface area contributed by atoms with Crippen molar-refractivity contribution in [3.63, 3.8) is 0 Å². The molecule has 0 amide bonds. The van der Waals surface area contributed by atoms with Crippen LogP contribution in [-0.2, 0) is 10.0 Å². The van der Waals surface area contributed by atoms with Crippen LogP contribution in [0.15, 0.2) is 23.4 Å². The highest BCUT2D eigenvalue weighted by atomic mass is 32.2. The molecule has 1 aromatic heterocycles. The van der Waals surface area contributed by atoms with Gasteiger partial charge in [0, 0.05) is 30.0 Å². The quantitative estimate of drug-likeness (QED) is 0.806. The Balaban J connectivity index is 2.13. The molecule has 0 unspecified atom stereocenters. The summed E-state index contributed by atoms with van der Waals surface area (Å²) < 4.78 is 22.8. The van der Waals surface area contributed by atoms with E-state index in [0.29, 0.717) is 0 Å². The van der Waals surface area contributed by atoms with Gasteiger partial charge in [-0.05, 0) is 33.0 Å². The Kier molecular flexibility index (Phi) is 5.41. The first kappa shape index (κ1) is 17.2. The minimum atomic E-state index is -3.77. The Bertz CT molecular complexity index is 593. The first-order valence-electron chi connectivity index (χ1n) is 7.74. The average molecular weight is 326 g/mol. The number of likely N-dealkylation sites (N-methyl/N-ethyl adjacent to an activating group) is 1. The van der Waals surface area contributed by atoms with Crippen molar-refractivity contribution in [3.8, 4) is 0 Å². The highest BCUT2D eigenvalue weighted by Crippen LogP contribution is 2.31. The highest BCUT2D eigenvalue weighted by Gasteiger charge is 2.32. The molecule has 1 heterocycles. The molecule has 0 atom stereocenters. The fraction of sp³-hybridized carbons (Fsp3) is 0.667. The van der Waals surface area contributed by atoms with E-state index in [1.165, 1.54) is 37.9 Å². The Morgan fingerprint density at radius 1 is 1.27 bits per heavy atom. The molecule has 0 bridgehead atoms. The molecule has 7 heteroatoms. The zero-order valence-electron chi connectivity index (χ0n) is 13.4. The molecule has 124 valence electrons. The molecule has 0 radical (unpaired) electrons. The van der Waals surface area contributed by atoms with Gasteiger partial charge in [0.2, 0.25) is 0 Å². The van der Waals surface area contributed by atoms with E-state index in [4.69, 9.17) is 5.14 Å². The van der Waals surface area contributed by atoms with E-state index in [9.17, 15) is 8.42 Å². The maximum absolute atomic E-state index is 11.4. The summed E-state index contributed by atoms with van der Waals surface area (Å²) in [5.41, 5.74) is 0.853. The molecule has 6 nitrogen and oxygen atoms in total. The van der Waals surface area contributed by atoms with Gasteiger partial charge in [0.15, 0.2) is 5.03 Å². The van der Waals surface area contributed by atoms with Crippen LogP contribution in [0.25, 0.3) is 0 Å². The summed E-state index contributed by atoms with van der Waals surface area (Å²) in [7, 11) is 0.473. The number of sulfonamides is 1. The molecule has 1 fully saturated rings. The largest absolute Gasteiger partial charge is 0.383 e. The molecule has 3 N–H and O–H groups in total. The monoisotopic (exact) mass is 326 g/mol. The van der Waals surface area contributed by atoms with Crippen molar-refractivity contribution in [1.29, 1.82) is 0 Å². The van der Waals surface area contributed by atoms with Crippen LogP contribution in [-0.4, -0.2) is 44.5 Å². The lowest BCUT2D eigenvalue weighted by Gasteiger charge is -2.40. The maximum atomic E-state index is 11.4. The minimum Gasteiger partial charge on any atom is -0.383 e. The number of nitrogens with two attached hydrogens (primary N) is 1. The Hall–Kier alpha value is -1.18. The van der Waals surface area contributed by atoms with Crippen molar-refractivity contribution in [3.05, 3.63) is 18.3 Å². The molecule has 1 aromatic rings. The lowest BCUT2D eigenvalue weighted by molar-refractivity contribution is 0.143.